The molecular formula is C18H22BrNO. The van der Waals surface area contributed by atoms with Crippen molar-refractivity contribution in [2.24, 2.45) is 0 Å². The van der Waals surface area contributed by atoms with Crippen LogP contribution in [0.25, 0.3) is 0 Å². The Kier molecular flexibility index (Phi) is 5.43. The van der Waals surface area contributed by atoms with Gasteiger partial charge in [0.2, 0.25) is 0 Å². The van der Waals surface area contributed by atoms with E-state index in [0.29, 0.717) is 6.04 Å². The van der Waals surface area contributed by atoms with Gasteiger partial charge in [0.15, 0.2) is 0 Å². The Morgan fingerprint density at radius 1 is 1.14 bits per heavy atom. The topological polar surface area (TPSA) is 21.3 Å². The van der Waals surface area contributed by atoms with Crippen LogP contribution in [0.1, 0.15) is 35.2 Å². The van der Waals surface area contributed by atoms with Crippen LogP contribution in [-0.4, -0.2) is 7.11 Å². The molecule has 2 aromatic carbocycles. The predicted molar refractivity (Wildman–Crippen MR) is 91.9 cm³/mol. The number of nitrogens with one attached hydrogen (secondary N) is 1. The van der Waals surface area contributed by atoms with E-state index in [1.165, 1.54) is 16.7 Å². The van der Waals surface area contributed by atoms with Gasteiger partial charge in [-0.15, -0.1) is 0 Å². The highest BCUT2D eigenvalue weighted by Crippen LogP contribution is 2.24. The zero-order valence-corrected chi connectivity index (χ0v) is 14.6. The maximum atomic E-state index is 5.42. The summed E-state index contributed by atoms with van der Waals surface area (Å²) < 4.78 is 6.49. The smallest absolute Gasteiger partial charge is 0.123 e. The first kappa shape index (κ1) is 16.1. The Balaban J connectivity index is 2.10. The standard InChI is InChI=1S/C18H22BrNO/c1-12-5-7-17(13(2)9-12)14(3)20-11-15-10-16(19)6-8-18(15)21-4/h5-10,14,20H,11H2,1-4H3. The van der Waals surface area contributed by atoms with E-state index >= 15 is 0 Å². The molecule has 0 aliphatic carbocycles. The lowest BCUT2D eigenvalue weighted by Crippen LogP contribution is -2.19. The van der Waals surface area contributed by atoms with E-state index in [4.69, 9.17) is 4.74 Å². The molecule has 0 bridgehead atoms. The van der Waals surface area contributed by atoms with Crippen molar-refractivity contribution < 1.29 is 4.74 Å². The van der Waals surface area contributed by atoms with Crippen LogP contribution in [0.3, 0.4) is 0 Å². The van der Waals surface area contributed by atoms with Gasteiger partial charge >= 0.3 is 0 Å². The van der Waals surface area contributed by atoms with Gasteiger partial charge in [-0.3, -0.25) is 0 Å². The van der Waals surface area contributed by atoms with Crippen molar-refractivity contribution in [2.75, 3.05) is 7.11 Å². The number of benzene rings is 2. The van der Waals surface area contributed by atoms with Crippen molar-refractivity contribution >= 4 is 15.9 Å². The highest BCUT2D eigenvalue weighted by Gasteiger charge is 2.10. The quantitative estimate of drug-likeness (QED) is 0.828. The summed E-state index contributed by atoms with van der Waals surface area (Å²) in [6, 6.07) is 13.0. The average molecular weight is 348 g/mol. The fourth-order valence-corrected chi connectivity index (χ4v) is 2.98. The van der Waals surface area contributed by atoms with Crippen LogP contribution in [0.15, 0.2) is 40.9 Å². The summed E-state index contributed by atoms with van der Waals surface area (Å²) in [6.45, 7) is 7.26. The molecule has 112 valence electrons. The first-order valence-corrected chi connectivity index (χ1v) is 7.93. The molecule has 21 heavy (non-hydrogen) atoms. The molecule has 2 nitrogen and oxygen atoms in total. The van der Waals surface area contributed by atoms with Crippen LogP contribution < -0.4 is 10.1 Å². The van der Waals surface area contributed by atoms with E-state index in [1.807, 2.05) is 12.1 Å². The van der Waals surface area contributed by atoms with Crippen LogP contribution in [0.5, 0.6) is 5.75 Å². The maximum absolute atomic E-state index is 5.42. The Morgan fingerprint density at radius 3 is 2.57 bits per heavy atom. The van der Waals surface area contributed by atoms with Crippen molar-refractivity contribution in [3.63, 3.8) is 0 Å². The van der Waals surface area contributed by atoms with Crippen molar-refractivity contribution in [1.29, 1.82) is 0 Å². The average Bonchev–Trinajstić information content (AvgIpc) is 2.45. The van der Waals surface area contributed by atoms with Gasteiger partial charge in [-0.2, -0.15) is 0 Å². The van der Waals surface area contributed by atoms with E-state index in [0.717, 1.165) is 22.3 Å². The van der Waals surface area contributed by atoms with Gasteiger partial charge in [-0.1, -0.05) is 39.7 Å². The number of methoxy groups -OCH3 is 1. The van der Waals surface area contributed by atoms with Crippen LogP contribution in [0, 0.1) is 13.8 Å². The molecule has 0 saturated carbocycles. The lowest BCUT2D eigenvalue weighted by molar-refractivity contribution is 0.406. The number of hydrogen-bond donors (Lipinski definition) is 1. The monoisotopic (exact) mass is 347 g/mol. The number of halogens is 1. The number of aryl methyl sites for hydroxylation is 2. The normalized spacial score (nSPS) is 12.2. The molecule has 0 heterocycles. The summed E-state index contributed by atoms with van der Waals surface area (Å²) in [5.41, 5.74) is 5.13. The SMILES string of the molecule is COc1ccc(Br)cc1CNC(C)c1ccc(C)cc1C. The second-order valence-electron chi connectivity index (χ2n) is 5.42. The van der Waals surface area contributed by atoms with E-state index in [9.17, 15) is 0 Å². The van der Waals surface area contributed by atoms with Crippen molar-refractivity contribution in [2.45, 2.75) is 33.4 Å². The highest BCUT2D eigenvalue weighted by molar-refractivity contribution is 9.10. The zero-order valence-electron chi connectivity index (χ0n) is 13.0. The molecule has 1 atom stereocenters. The van der Waals surface area contributed by atoms with Gasteiger partial charge in [-0.05, 0) is 50.1 Å². The van der Waals surface area contributed by atoms with Gasteiger partial charge in [0.05, 0.1) is 7.11 Å². The molecule has 3 heteroatoms. The molecule has 1 N–H and O–H groups in total. The number of hydrogen-bond acceptors (Lipinski definition) is 2. The molecule has 0 spiro atoms. The number of ether oxygens (including phenoxy) is 1. The Labute approximate surface area is 135 Å². The fraction of sp³-hybridized carbons (Fsp3) is 0.333. The van der Waals surface area contributed by atoms with Gasteiger partial charge in [-0.25, -0.2) is 0 Å². The van der Waals surface area contributed by atoms with E-state index in [-0.39, 0.29) is 0 Å². The van der Waals surface area contributed by atoms with E-state index in [1.54, 1.807) is 7.11 Å². The second-order valence-corrected chi connectivity index (χ2v) is 6.33. The third kappa shape index (κ3) is 4.08. The Bertz CT molecular complexity index is 625. The van der Waals surface area contributed by atoms with Gasteiger partial charge in [0, 0.05) is 22.6 Å². The molecule has 0 amide bonds. The molecule has 0 aliphatic heterocycles. The molecule has 2 aromatic rings. The van der Waals surface area contributed by atoms with Crippen molar-refractivity contribution in [3.05, 3.63) is 63.1 Å². The van der Waals surface area contributed by atoms with Crippen LogP contribution in [0.4, 0.5) is 0 Å². The minimum Gasteiger partial charge on any atom is -0.496 e. The summed E-state index contributed by atoms with van der Waals surface area (Å²) in [7, 11) is 1.71. The lowest BCUT2D eigenvalue weighted by Gasteiger charge is -2.18. The van der Waals surface area contributed by atoms with Crippen LogP contribution in [-0.2, 0) is 6.54 Å². The molecule has 0 aromatic heterocycles. The third-order valence-electron chi connectivity index (χ3n) is 3.73. The molecular weight excluding hydrogens is 326 g/mol. The molecule has 0 fully saturated rings. The molecule has 2 rings (SSSR count). The van der Waals surface area contributed by atoms with Crippen molar-refractivity contribution in [1.82, 2.24) is 5.32 Å². The maximum Gasteiger partial charge on any atom is 0.123 e. The first-order chi connectivity index (χ1) is 10.0. The van der Waals surface area contributed by atoms with Crippen LogP contribution in [0.2, 0.25) is 0 Å². The first-order valence-electron chi connectivity index (χ1n) is 7.14. The highest BCUT2D eigenvalue weighted by atomic mass is 79.9. The summed E-state index contributed by atoms with van der Waals surface area (Å²) in [4.78, 5) is 0. The van der Waals surface area contributed by atoms with E-state index < -0.39 is 0 Å². The largest absolute Gasteiger partial charge is 0.496 e. The second kappa shape index (κ2) is 7.10. The lowest BCUT2D eigenvalue weighted by atomic mass is 10.00. The third-order valence-corrected chi connectivity index (χ3v) is 4.23. The molecule has 0 aliphatic rings. The number of rotatable bonds is 5. The minimum atomic E-state index is 0.300. The summed E-state index contributed by atoms with van der Waals surface area (Å²) in [5.74, 6) is 0.915. The van der Waals surface area contributed by atoms with Crippen LogP contribution >= 0.6 is 15.9 Å². The summed E-state index contributed by atoms with van der Waals surface area (Å²) in [5, 5.41) is 3.58. The summed E-state index contributed by atoms with van der Waals surface area (Å²) in [6.07, 6.45) is 0. The van der Waals surface area contributed by atoms with Gasteiger partial charge < -0.3 is 10.1 Å². The van der Waals surface area contributed by atoms with Gasteiger partial charge in [0.25, 0.3) is 0 Å². The zero-order chi connectivity index (χ0) is 15.4. The molecule has 1 unspecified atom stereocenters. The van der Waals surface area contributed by atoms with E-state index in [2.05, 4.69) is 66.3 Å². The minimum absolute atomic E-state index is 0.300. The summed E-state index contributed by atoms with van der Waals surface area (Å²) >= 11 is 3.51. The van der Waals surface area contributed by atoms with Crippen molar-refractivity contribution in [3.8, 4) is 5.75 Å². The van der Waals surface area contributed by atoms with Gasteiger partial charge in [0.1, 0.15) is 5.75 Å². The Hall–Kier alpha value is -1.32. The Morgan fingerprint density at radius 2 is 1.90 bits per heavy atom. The molecule has 0 saturated heterocycles. The fourth-order valence-electron chi connectivity index (χ4n) is 2.57. The predicted octanol–water partition coefficient (Wildman–Crippen LogP) is 4.93. The molecule has 0 radical (unpaired) electrons.